The van der Waals surface area contributed by atoms with Gasteiger partial charge in [0.25, 0.3) is 0 Å². The second-order valence-corrected chi connectivity index (χ2v) is 12.0. The normalized spacial score (nSPS) is 32.4. The van der Waals surface area contributed by atoms with E-state index in [1.165, 1.54) is 37.1 Å². The topological polar surface area (TPSA) is 66.4 Å². The smallest absolute Gasteiger partial charge is 0.227 e. The summed E-state index contributed by atoms with van der Waals surface area (Å²) in [6.45, 7) is 1.43. The maximum atomic E-state index is 13.1. The van der Waals surface area contributed by atoms with E-state index in [1.807, 2.05) is 6.07 Å². The second kappa shape index (κ2) is 8.78. The molecule has 0 aliphatic heterocycles. The van der Waals surface area contributed by atoms with Crippen LogP contribution in [0.3, 0.4) is 0 Å². The molecule has 5 heteroatoms. The van der Waals surface area contributed by atoms with Crippen molar-refractivity contribution in [3.63, 3.8) is 0 Å². The van der Waals surface area contributed by atoms with Gasteiger partial charge in [0.05, 0.1) is 5.92 Å². The van der Waals surface area contributed by atoms with Crippen molar-refractivity contribution >= 4 is 13.3 Å². The third-order valence-electron chi connectivity index (χ3n) is 7.37. The molecule has 0 radical (unpaired) electrons. The molecule has 2 fully saturated rings. The predicted octanol–water partition coefficient (Wildman–Crippen LogP) is 4.87. The first-order chi connectivity index (χ1) is 13.9. The van der Waals surface area contributed by atoms with Crippen LogP contribution in [0.5, 0.6) is 0 Å². The third kappa shape index (κ3) is 4.86. The summed E-state index contributed by atoms with van der Waals surface area (Å²) < 4.78 is 11.4. The van der Waals surface area contributed by atoms with E-state index < -0.39 is 7.37 Å². The van der Waals surface area contributed by atoms with E-state index in [4.69, 9.17) is 0 Å². The summed E-state index contributed by atoms with van der Waals surface area (Å²) in [6.07, 6.45) is 13.2. The zero-order valence-corrected chi connectivity index (χ0v) is 18.3. The fraction of sp³-hybridized carbons (Fsp3) is 0.625. The second-order valence-electron chi connectivity index (χ2n) is 9.45. The summed E-state index contributed by atoms with van der Waals surface area (Å²) in [5, 5.41) is 3.47. The van der Waals surface area contributed by atoms with E-state index >= 15 is 0 Å². The van der Waals surface area contributed by atoms with Crippen LogP contribution in [0, 0.1) is 17.8 Å². The summed E-state index contributed by atoms with van der Waals surface area (Å²) >= 11 is 0. The van der Waals surface area contributed by atoms with E-state index in [9.17, 15) is 14.3 Å². The monoisotopic (exact) mass is 415 g/mol. The number of benzene rings is 1. The maximum Gasteiger partial charge on any atom is 0.227 e. The van der Waals surface area contributed by atoms with Crippen molar-refractivity contribution in [1.82, 2.24) is 5.32 Å². The SMILES string of the molecule is CP(=O)(O)CCC/C=C\CC1C(NC(=O)C2CCc3ccccc32)[C@H]2CC[C@H]1C2. The van der Waals surface area contributed by atoms with Crippen molar-refractivity contribution in [3.05, 3.63) is 47.5 Å². The Kier molecular flexibility index (Phi) is 6.32. The fourth-order valence-electron chi connectivity index (χ4n) is 5.94. The van der Waals surface area contributed by atoms with Crippen LogP contribution in [0.1, 0.15) is 62.0 Å². The number of carbonyl (C=O) groups is 1. The van der Waals surface area contributed by atoms with Crippen LogP contribution in [0.4, 0.5) is 0 Å². The van der Waals surface area contributed by atoms with Gasteiger partial charge in [-0.25, -0.2) is 0 Å². The van der Waals surface area contributed by atoms with Crippen molar-refractivity contribution in [2.24, 2.45) is 17.8 Å². The summed E-state index contributed by atoms with van der Waals surface area (Å²) in [6, 6.07) is 8.70. The van der Waals surface area contributed by atoms with Gasteiger partial charge < -0.3 is 10.2 Å². The van der Waals surface area contributed by atoms with Gasteiger partial charge in [-0.05, 0) is 80.2 Å². The van der Waals surface area contributed by atoms with Crippen molar-refractivity contribution in [2.45, 2.75) is 63.3 Å². The van der Waals surface area contributed by atoms with E-state index in [2.05, 4.69) is 35.7 Å². The molecule has 3 aliphatic rings. The van der Waals surface area contributed by atoms with Crippen LogP contribution in [0.15, 0.2) is 36.4 Å². The zero-order valence-electron chi connectivity index (χ0n) is 17.4. The quantitative estimate of drug-likeness (QED) is 0.361. The predicted molar refractivity (Wildman–Crippen MR) is 117 cm³/mol. The number of amides is 1. The van der Waals surface area contributed by atoms with Crippen LogP contribution in [0.25, 0.3) is 0 Å². The highest BCUT2D eigenvalue weighted by molar-refractivity contribution is 7.57. The van der Waals surface area contributed by atoms with Crippen LogP contribution in [-0.4, -0.2) is 29.7 Å². The lowest BCUT2D eigenvalue weighted by atomic mass is 9.81. The molecule has 3 aliphatic carbocycles. The van der Waals surface area contributed by atoms with E-state index in [0.29, 0.717) is 24.0 Å². The van der Waals surface area contributed by atoms with Crippen molar-refractivity contribution < 1.29 is 14.3 Å². The van der Waals surface area contributed by atoms with Gasteiger partial charge >= 0.3 is 0 Å². The highest BCUT2D eigenvalue weighted by Crippen LogP contribution is 2.50. The highest BCUT2D eigenvalue weighted by Gasteiger charge is 2.48. The first kappa shape index (κ1) is 20.9. The summed E-state index contributed by atoms with van der Waals surface area (Å²) in [7, 11) is -2.89. The Bertz CT molecular complexity index is 814. The number of nitrogens with one attached hydrogen (secondary N) is 1. The largest absolute Gasteiger partial charge is 0.352 e. The number of unbranched alkanes of at least 4 members (excludes halogenated alkanes) is 1. The summed E-state index contributed by atoms with van der Waals surface area (Å²) in [5.41, 5.74) is 2.56. The molecule has 1 aromatic rings. The molecule has 1 aromatic carbocycles. The van der Waals surface area contributed by atoms with E-state index in [-0.39, 0.29) is 11.8 Å². The van der Waals surface area contributed by atoms with Crippen molar-refractivity contribution in [1.29, 1.82) is 0 Å². The van der Waals surface area contributed by atoms with Gasteiger partial charge in [-0.2, -0.15) is 0 Å². The average Bonchev–Trinajstić information content (AvgIpc) is 3.38. The minimum atomic E-state index is -2.89. The molecule has 2 N–H and O–H groups in total. The van der Waals surface area contributed by atoms with Gasteiger partial charge in [-0.15, -0.1) is 0 Å². The van der Waals surface area contributed by atoms with Crippen LogP contribution in [-0.2, 0) is 15.8 Å². The molecule has 4 unspecified atom stereocenters. The Morgan fingerprint density at radius 1 is 1.21 bits per heavy atom. The maximum absolute atomic E-state index is 13.1. The molecular weight excluding hydrogens is 381 g/mol. The number of allylic oxidation sites excluding steroid dienone is 2. The molecule has 0 aromatic heterocycles. The first-order valence-corrected chi connectivity index (χ1v) is 13.5. The number of fused-ring (bicyclic) bond motifs is 3. The number of carbonyl (C=O) groups excluding carboxylic acids is 1. The lowest BCUT2D eigenvalue weighted by molar-refractivity contribution is -0.124. The van der Waals surface area contributed by atoms with Crippen LogP contribution in [0.2, 0.25) is 0 Å². The van der Waals surface area contributed by atoms with Crippen molar-refractivity contribution in [3.8, 4) is 0 Å². The molecule has 2 saturated carbocycles. The van der Waals surface area contributed by atoms with Crippen LogP contribution >= 0.6 is 7.37 Å². The highest BCUT2D eigenvalue weighted by atomic mass is 31.2. The zero-order chi connectivity index (χ0) is 20.4. The summed E-state index contributed by atoms with van der Waals surface area (Å²) in [4.78, 5) is 22.5. The Morgan fingerprint density at radius 3 is 2.83 bits per heavy atom. The van der Waals surface area contributed by atoms with Gasteiger partial charge in [-0.1, -0.05) is 36.4 Å². The standard InChI is InChI=1S/C24H34NO3P/c1-29(27,28)15-7-3-2-4-10-21-18-11-12-19(16-18)23(21)25-24(26)22-14-13-17-8-5-6-9-20(17)22/h2,4-6,8-9,18-19,21-23H,3,7,10-16H2,1H3,(H,25,26)(H,27,28)/b4-2-/t18-,19-,21?,22?,23?/m0/s1. The third-order valence-corrected chi connectivity index (χ3v) is 8.51. The molecule has 4 rings (SSSR count). The molecule has 0 heterocycles. The van der Waals surface area contributed by atoms with Gasteiger partial charge in [0, 0.05) is 18.9 Å². The van der Waals surface area contributed by atoms with Crippen molar-refractivity contribution in [2.75, 3.05) is 12.8 Å². The molecule has 6 atom stereocenters. The van der Waals surface area contributed by atoms with Gasteiger partial charge in [0.15, 0.2) is 7.37 Å². The number of hydrogen-bond donors (Lipinski definition) is 2. The van der Waals surface area contributed by atoms with Gasteiger partial charge in [0.2, 0.25) is 5.91 Å². The van der Waals surface area contributed by atoms with E-state index in [1.54, 1.807) is 0 Å². The minimum Gasteiger partial charge on any atom is -0.352 e. The summed E-state index contributed by atoms with van der Waals surface area (Å²) in [5.74, 6) is 2.16. The molecule has 4 nitrogen and oxygen atoms in total. The van der Waals surface area contributed by atoms with Gasteiger partial charge in [-0.3, -0.25) is 9.36 Å². The Hall–Kier alpha value is -1.38. The number of hydrogen-bond acceptors (Lipinski definition) is 2. The first-order valence-electron chi connectivity index (χ1n) is 11.2. The fourth-order valence-corrected chi connectivity index (χ4v) is 6.71. The lowest BCUT2D eigenvalue weighted by Crippen LogP contribution is -2.45. The Morgan fingerprint density at radius 2 is 2.00 bits per heavy atom. The Balaban J connectivity index is 1.33. The average molecular weight is 416 g/mol. The lowest BCUT2D eigenvalue weighted by Gasteiger charge is -2.32. The number of aryl methyl sites for hydroxylation is 1. The minimum absolute atomic E-state index is 0.0183. The molecule has 158 valence electrons. The molecule has 0 spiro atoms. The molecular formula is C24H34NO3P. The Labute approximate surface area is 174 Å². The molecule has 0 saturated heterocycles. The van der Waals surface area contributed by atoms with Crippen LogP contribution < -0.4 is 5.32 Å². The molecule has 29 heavy (non-hydrogen) atoms. The molecule has 2 bridgehead atoms. The number of rotatable bonds is 8. The van der Waals surface area contributed by atoms with Gasteiger partial charge in [0.1, 0.15) is 0 Å². The molecule has 1 amide bonds. The van der Waals surface area contributed by atoms with E-state index in [0.717, 1.165) is 38.0 Å².